The Morgan fingerprint density at radius 2 is 1.79 bits per heavy atom. The van der Waals surface area contributed by atoms with Crippen molar-refractivity contribution < 1.29 is 19.7 Å². The molecule has 0 fully saturated rings. The van der Waals surface area contributed by atoms with Crippen molar-refractivity contribution in [2.75, 3.05) is 6.61 Å². The highest BCUT2D eigenvalue weighted by Gasteiger charge is 2.29. The fourth-order valence-corrected chi connectivity index (χ4v) is 1.89. The molecule has 1 aromatic carbocycles. The average molecular weight is 258 g/mol. The molecule has 1 aliphatic rings. The lowest BCUT2D eigenvalue weighted by Gasteiger charge is -2.17. The Kier molecular flexibility index (Phi) is 2.38. The minimum Gasteiger partial charge on any atom is -0.503 e. The highest BCUT2D eigenvalue weighted by molar-refractivity contribution is 5.98. The first-order chi connectivity index (χ1) is 9.11. The molecule has 1 heterocycles. The Balaban J connectivity index is 2.09. The molecule has 0 amide bonds. The smallest absolute Gasteiger partial charge is 0.338 e. The monoisotopic (exact) mass is 258 g/mol. The van der Waals surface area contributed by atoms with Gasteiger partial charge in [-0.05, 0) is 25.1 Å². The van der Waals surface area contributed by atoms with Crippen LogP contribution in [0.3, 0.4) is 0 Å². The summed E-state index contributed by atoms with van der Waals surface area (Å²) in [6, 6.07) is 4.75. The number of aromatic nitrogens is 2. The van der Waals surface area contributed by atoms with Crippen LogP contribution in [0.15, 0.2) is 18.2 Å². The summed E-state index contributed by atoms with van der Waals surface area (Å²) in [6.07, 6.45) is 0. The average Bonchev–Trinajstić information content (AvgIpc) is 2.44. The van der Waals surface area contributed by atoms with Gasteiger partial charge in [-0.15, -0.1) is 0 Å². The summed E-state index contributed by atoms with van der Waals surface area (Å²) in [5.41, 5.74) is 1.88. The molecule has 0 saturated carbocycles. The summed E-state index contributed by atoms with van der Waals surface area (Å²) >= 11 is 0. The Morgan fingerprint density at radius 3 is 2.42 bits per heavy atom. The summed E-state index contributed by atoms with van der Waals surface area (Å²) in [5.74, 6) is -0.957. The zero-order valence-corrected chi connectivity index (χ0v) is 10.0. The third-order valence-corrected chi connectivity index (χ3v) is 2.85. The molecule has 3 rings (SSSR count). The Hall–Kier alpha value is -2.63. The van der Waals surface area contributed by atoms with E-state index in [0.29, 0.717) is 23.2 Å². The number of aliphatic hydroxyl groups excluding tert-OH is 2. The molecule has 19 heavy (non-hydrogen) atoms. The maximum absolute atomic E-state index is 11.6. The number of rotatable bonds is 2. The molecule has 0 radical (unpaired) electrons. The van der Waals surface area contributed by atoms with E-state index in [1.54, 1.807) is 25.1 Å². The van der Waals surface area contributed by atoms with Gasteiger partial charge in [-0.1, -0.05) is 0 Å². The molecule has 2 N–H and O–H groups in total. The van der Waals surface area contributed by atoms with E-state index in [-0.39, 0.29) is 22.9 Å². The topological polar surface area (TPSA) is 92.5 Å². The van der Waals surface area contributed by atoms with Crippen LogP contribution in [0.25, 0.3) is 22.6 Å². The zero-order valence-electron chi connectivity index (χ0n) is 10.0. The molecule has 0 spiro atoms. The molecule has 0 unspecified atom stereocenters. The number of hydrogen-bond acceptors (Lipinski definition) is 6. The van der Waals surface area contributed by atoms with Crippen LogP contribution in [0.4, 0.5) is 0 Å². The van der Waals surface area contributed by atoms with Crippen molar-refractivity contribution in [2.45, 2.75) is 6.92 Å². The first-order valence-corrected chi connectivity index (χ1v) is 5.73. The predicted octanol–water partition coefficient (Wildman–Crippen LogP) is 2.06. The van der Waals surface area contributed by atoms with Crippen molar-refractivity contribution in [1.29, 1.82) is 0 Å². The number of ether oxygens (including phenoxy) is 1. The first kappa shape index (κ1) is 11.5. The quantitative estimate of drug-likeness (QED) is 0.801. The fourth-order valence-electron chi connectivity index (χ4n) is 1.89. The van der Waals surface area contributed by atoms with Crippen LogP contribution in [0.5, 0.6) is 0 Å². The Labute approximate surface area is 108 Å². The maximum Gasteiger partial charge on any atom is 0.338 e. The van der Waals surface area contributed by atoms with Crippen LogP contribution in [0.2, 0.25) is 0 Å². The second-order valence-electron chi connectivity index (χ2n) is 4.04. The van der Waals surface area contributed by atoms with Gasteiger partial charge in [-0.25, -0.2) is 14.8 Å². The molecule has 1 aliphatic carbocycles. The van der Waals surface area contributed by atoms with E-state index in [0.717, 1.165) is 0 Å². The van der Waals surface area contributed by atoms with Crippen LogP contribution in [-0.4, -0.2) is 32.8 Å². The lowest BCUT2D eigenvalue weighted by atomic mass is 10.0. The predicted molar refractivity (Wildman–Crippen MR) is 67.6 cm³/mol. The van der Waals surface area contributed by atoms with E-state index >= 15 is 0 Å². The van der Waals surface area contributed by atoms with E-state index in [4.69, 9.17) is 4.74 Å². The van der Waals surface area contributed by atoms with Gasteiger partial charge in [0.15, 0.2) is 11.5 Å². The van der Waals surface area contributed by atoms with Crippen molar-refractivity contribution in [3.63, 3.8) is 0 Å². The summed E-state index contributed by atoms with van der Waals surface area (Å²) in [5, 5.41) is 18.8. The lowest BCUT2D eigenvalue weighted by Crippen LogP contribution is -2.12. The van der Waals surface area contributed by atoms with Gasteiger partial charge in [0, 0.05) is 0 Å². The molecular formula is C13H10N2O4. The summed E-state index contributed by atoms with van der Waals surface area (Å²) in [7, 11) is 0. The van der Waals surface area contributed by atoms with Gasteiger partial charge >= 0.3 is 5.97 Å². The molecule has 0 aliphatic heterocycles. The molecular weight excluding hydrogens is 248 g/mol. The molecule has 0 bridgehead atoms. The van der Waals surface area contributed by atoms with Gasteiger partial charge in [-0.3, -0.25) is 0 Å². The van der Waals surface area contributed by atoms with E-state index in [2.05, 4.69) is 9.97 Å². The van der Waals surface area contributed by atoms with Gasteiger partial charge in [0.25, 0.3) is 0 Å². The SMILES string of the molecule is CCOC(=O)c1ccc2nc3c(nc2c1)C(O)=C3O. The second kappa shape index (κ2) is 3.94. The largest absolute Gasteiger partial charge is 0.503 e. The van der Waals surface area contributed by atoms with Crippen LogP contribution >= 0.6 is 0 Å². The van der Waals surface area contributed by atoms with Gasteiger partial charge < -0.3 is 14.9 Å². The second-order valence-corrected chi connectivity index (χ2v) is 4.04. The van der Waals surface area contributed by atoms with Crippen LogP contribution in [-0.2, 0) is 4.74 Å². The standard InChI is InChI=1S/C13H10N2O4/c1-2-19-13(18)6-3-4-7-8(5-6)15-10-9(14-7)11(16)12(10)17/h3-5,16-17H,2H2,1H3. The Morgan fingerprint density at radius 1 is 1.16 bits per heavy atom. The van der Waals surface area contributed by atoms with Gasteiger partial charge in [0.1, 0.15) is 11.4 Å². The van der Waals surface area contributed by atoms with Crippen molar-refractivity contribution >= 4 is 28.5 Å². The van der Waals surface area contributed by atoms with Gasteiger partial charge in [0.05, 0.1) is 23.2 Å². The number of esters is 1. The van der Waals surface area contributed by atoms with Gasteiger partial charge in [-0.2, -0.15) is 0 Å². The van der Waals surface area contributed by atoms with E-state index in [1.807, 2.05) is 0 Å². The number of benzene rings is 1. The van der Waals surface area contributed by atoms with Crippen LogP contribution in [0.1, 0.15) is 28.7 Å². The minimum atomic E-state index is -0.434. The van der Waals surface area contributed by atoms with E-state index < -0.39 is 5.97 Å². The lowest BCUT2D eigenvalue weighted by molar-refractivity contribution is 0.0526. The summed E-state index contributed by atoms with van der Waals surface area (Å²) < 4.78 is 4.90. The minimum absolute atomic E-state index is 0.242. The zero-order chi connectivity index (χ0) is 13.6. The van der Waals surface area contributed by atoms with Gasteiger partial charge in [0.2, 0.25) is 0 Å². The van der Waals surface area contributed by atoms with Crippen LogP contribution in [0, 0.1) is 0 Å². The van der Waals surface area contributed by atoms with Crippen molar-refractivity contribution in [2.24, 2.45) is 0 Å². The molecule has 0 saturated heterocycles. The highest BCUT2D eigenvalue weighted by Crippen LogP contribution is 2.34. The molecule has 1 aromatic heterocycles. The Bertz CT molecular complexity index is 737. The molecule has 6 nitrogen and oxygen atoms in total. The van der Waals surface area contributed by atoms with Crippen molar-refractivity contribution in [1.82, 2.24) is 9.97 Å². The normalized spacial score (nSPS) is 13.1. The highest BCUT2D eigenvalue weighted by atomic mass is 16.5. The van der Waals surface area contributed by atoms with E-state index in [1.165, 1.54) is 0 Å². The number of carbonyl (C=O) groups is 1. The number of nitrogens with zero attached hydrogens (tertiary/aromatic N) is 2. The molecule has 2 aromatic rings. The fraction of sp³-hybridized carbons (Fsp3) is 0.154. The van der Waals surface area contributed by atoms with Crippen molar-refractivity contribution in [3.8, 4) is 0 Å². The van der Waals surface area contributed by atoms with Crippen molar-refractivity contribution in [3.05, 3.63) is 35.2 Å². The summed E-state index contributed by atoms with van der Waals surface area (Å²) in [4.78, 5) is 19.9. The number of aliphatic hydroxyl groups is 2. The third-order valence-electron chi connectivity index (χ3n) is 2.85. The van der Waals surface area contributed by atoms with E-state index in [9.17, 15) is 15.0 Å². The number of hydrogen-bond donors (Lipinski definition) is 2. The number of fused-ring (bicyclic) bond motifs is 2. The molecule has 96 valence electrons. The number of carbonyl (C=O) groups excluding carboxylic acids is 1. The molecule has 6 heteroatoms. The maximum atomic E-state index is 11.6. The molecule has 0 atom stereocenters. The third kappa shape index (κ3) is 1.61. The van der Waals surface area contributed by atoms with Crippen LogP contribution < -0.4 is 0 Å². The first-order valence-electron chi connectivity index (χ1n) is 5.73. The summed E-state index contributed by atoms with van der Waals surface area (Å²) in [6.45, 7) is 2.03.